The highest BCUT2D eigenvalue weighted by Crippen LogP contribution is 2.43. The Kier molecular flexibility index (Phi) is 1.98. The molecule has 0 aliphatic carbocycles. The zero-order valence-corrected chi connectivity index (χ0v) is 10.6. The zero-order valence-electron chi connectivity index (χ0n) is 9.82. The third kappa shape index (κ3) is 1.42. The van der Waals surface area contributed by atoms with E-state index in [1.54, 1.807) is 11.0 Å². The maximum atomic E-state index is 6.11. The van der Waals surface area contributed by atoms with E-state index in [9.17, 15) is 0 Å². The van der Waals surface area contributed by atoms with Gasteiger partial charge in [-0.2, -0.15) is 15.0 Å². The zero-order chi connectivity index (χ0) is 12.2. The minimum atomic E-state index is -0.302. The Labute approximate surface area is 104 Å². The number of hydrogen-bond acceptors (Lipinski definition) is 4. The molecule has 88 valence electrons. The van der Waals surface area contributed by atoms with Gasteiger partial charge >= 0.3 is 0 Å². The highest BCUT2D eigenvalue weighted by atomic mass is 35.5. The number of rotatable bonds is 0. The van der Waals surface area contributed by atoms with Crippen molar-refractivity contribution < 1.29 is 0 Å². The fraction of sp³-hybridized carbons (Fsp3) is 0.364. The van der Waals surface area contributed by atoms with Crippen LogP contribution >= 0.6 is 11.6 Å². The van der Waals surface area contributed by atoms with Crippen molar-refractivity contribution in [3.8, 4) is 11.3 Å². The average Bonchev–Trinajstić information content (AvgIpc) is 2.63. The fourth-order valence-corrected chi connectivity index (χ4v) is 2.34. The number of hydrogen-bond donors (Lipinski definition) is 1. The molecule has 1 aliphatic rings. The Balaban J connectivity index is 2.35. The van der Waals surface area contributed by atoms with Crippen LogP contribution in [0.25, 0.3) is 11.3 Å². The second-order valence-corrected chi connectivity index (χ2v) is 5.02. The van der Waals surface area contributed by atoms with Crippen LogP contribution in [0.3, 0.4) is 0 Å². The molecule has 2 aromatic rings. The lowest BCUT2D eigenvalue weighted by atomic mass is 9.91. The summed E-state index contributed by atoms with van der Waals surface area (Å²) in [6.07, 6.45) is 1.68. The van der Waals surface area contributed by atoms with Crippen LogP contribution in [0, 0.1) is 0 Å². The van der Waals surface area contributed by atoms with Gasteiger partial charge in [-0.05, 0) is 19.9 Å². The first-order valence-electron chi connectivity index (χ1n) is 5.34. The van der Waals surface area contributed by atoms with E-state index in [1.807, 2.05) is 27.0 Å². The topological polar surface area (TPSA) is 55.6 Å². The lowest BCUT2D eigenvalue weighted by Crippen LogP contribution is -2.32. The predicted molar refractivity (Wildman–Crippen MR) is 65.9 cm³/mol. The summed E-state index contributed by atoms with van der Waals surface area (Å²) in [6.45, 7) is 4.10. The first-order chi connectivity index (χ1) is 7.99. The number of fused-ring (bicyclic) bond motifs is 3. The molecule has 0 bridgehead atoms. The second-order valence-electron chi connectivity index (χ2n) is 4.66. The van der Waals surface area contributed by atoms with Crippen molar-refractivity contribution in [2.24, 2.45) is 7.05 Å². The molecule has 0 atom stereocenters. The SMILES string of the molecule is Cn1nc2c(n1)C(C)(C)Nc1c-2ccnc1Cl. The summed E-state index contributed by atoms with van der Waals surface area (Å²) in [5.41, 5.74) is 3.27. The first kappa shape index (κ1) is 10.5. The Morgan fingerprint density at radius 2 is 2.12 bits per heavy atom. The standard InChI is InChI=1S/C11H12ClN5/c1-11(2)9-7(15-17(3)16-9)6-4-5-13-10(12)8(6)14-11/h4-5,14H,1-3H3. The second kappa shape index (κ2) is 3.20. The Morgan fingerprint density at radius 3 is 2.88 bits per heavy atom. The molecule has 0 spiro atoms. The van der Waals surface area contributed by atoms with Crippen molar-refractivity contribution >= 4 is 17.3 Å². The van der Waals surface area contributed by atoms with E-state index in [0.29, 0.717) is 5.15 Å². The van der Waals surface area contributed by atoms with Crippen molar-refractivity contribution in [2.75, 3.05) is 5.32 Å². The molecule has 6 heteroatoms. The van der Waals surface area contributed by atoms with E-state index in [4.69, 9.17) is 11.6 Å². The van der Waals surface area contributed by atoms with Gasteiger partial charge in [0.25, 0.3) is 0 Å². The lowest BCUT2D eigenvalue weighted by molar-refractivity contribution is 0.558. The van der Waals surface area contributed by atoms with Crippen LogP contribution in [0.2, 0.25) is 5.15 Å². The Hall–Kier alpha value is -1.62. The fourth-order valence-electron chi connectivity index (χ4n) is 2.13. The van der Waals surface area contributed by atoms with E-state index in [0.717, 1.165) is 22.6 Å². The van der Waals surface area contributed by atoms with Crippen LogP contribution in [0.15, 0.2) is 12.3 Å². The van der Waals surface area contributed by atoms with Crippen LogP contribution in [-0.2, 0) is 12.6 Å². The number of halogens is 1. The maximum absolute atomic E-state index is 6.11. The molecule has 0 saturated carbocycles. The molecule has 0 aromatic carbocycles. The van der Waals surface area contributed by atoms with Crippen molar-refractivity contribution in [1.82, 2.24) is 20.0 Å². The molecule has 17 heavy (non-hydrogen) atoms. The summed E-state index contributed by atoms with van der Waals surface area (Å²) in [5, 5.41) is 12.6. The van der Waals surface area contributed by atoms with Gasteiger partial charge in [0.1, 0.15) is 11.4 Å². The largest absolute Gasteiger partial charge is 0.371 e. The van der Waals surface area contributed by atoms with E-state index < -0.39 is 0 Å². The smallest absolute Gasteiger partial charge is 0.152 e. The van der Waals surface area contributed by atoms with Crippen molar-refractivity contribution in [3.05, 3.63) is 23.1 Å². The van der Waals surface area contributed by atoms with Crippen LogP contribution in [0.4, 0.5) is 5.69 Å². The summed E-state index contributed by atoms with van der Waals surface area (Å²) in [4.78, 5) is 5.67. The summed E-state index contributed by atoms with van der Waals surface area (Å²) < 4.78 is 0. The summed E-state index contributed by atoms with van der Waals surface area (Å²) in [6, 6.07) is 1.90. The lowest BCUT2D eigenvalue weighted by Gasteiger charge is -2.31. The van der Waals surface area contributed by atoms with Crippen LogP contribution in [0.5, 0.6) is 0 Å². The highest BCUT2D eigenvalue weighted by molar-refractivity contribution is 6.32. The van der Waals surface area contributed by atoms with E-state index >= 15 is 0 Å². The third-order valence-electron chi connectivity index (χ3n) is 2.90. The van der Waals surface area contributed by atoms with Gasteiger partial charge in [0.05, 0.1) is 11.2 Å². The number of anilines is 1. The molecule has 0 fully saturated rings. The monoisotopic (exact) mass is 249 g/mol. The van der Waals surface area contributed by atoms with Gasteiger partial charge in [0, 0.05) is 18.8 Å². The molecular formula is C11H12ClN5. The third-order valence-corrected chi connectivity index (χ3v) is 3.19. The molecule has 0 saturated heterocycles. The average molecular weight is 250 g/mol. The molecule has 5 nitrogen and oxygen atoms in total. The van der Waals surface area contributed by atoms with Gasteiger partial charge in [0.15, 0.2) is 5.15 Å². The van der Waals surface area contributed by atoms with Gasteiger partial charge in [-0.3, -0.25) is 0 Å². The van der Waals surface area contributed by atoms with Crippen LogP contribution in [-0.4, -0.2) is 20.0 Å². The van der Waals surface area contributed by atoms with E-state index in [1.165, 1.54) is 0 Å². The predicted octanol–water partition coefficient (Wildman–Crippen LogP) is 2.19. The molecule has 1 aliphatic heterocycles. The number of nitrogens with zero attached hydrogens (tertiary/aromatic N) is 4. The van der Waals surface area contributed by atoms with Crippen molar-refractivity contribution in [3.63, 3.8) is 0 Å². The minimum absolute atomic E-state index is 0.302. The molecule has 0 unspecified atom stereocenters. The molecule has 2 aromatic heterocycles. The molecule has 3 heterocycles. The van der Waals surface area contributed by atoms with Gasteiger partial charge in [-0.1, -0.05) is 11.6 Å². The van der Waals surface area contributed by atoms with Gasteiger partial charge in [-0.15, -0.1) is 0 Å². The van der Waals surface area contributed by atoms with Crippen molar-refractivity contribution in [2.45, 2.75) is 19.4 Å². The number of nitrogens with one attached hydrogen (secondary N) is 1. The Bertz CT molecular complexity index is 602. The molecular weight excluding hydrogens is 238 g/mol. The van der Waals surface area contributed by atoms with Gasteiger partial charge < -0.3 is 5.32 Å². The highest BCUT2D eigenvalue weighted by Gasteiger charge is 2.35. The molecule has 0 amide bonds. The maximum Gasteiger partial charge on any atom is 0.152 e. The summed E-state index contributed by atoms with van der Waals surface area (Å²) in [5.74, 6) is 0. The molecule has 0 radical (unpaired) electrons. The number of aromatic nitrogens is 4. The van der Waals surface area contributed by atoms with Gasteiger partial charge in [-0.25, -0.2) is 4.98 Å². The first-order valence-corrected chi connectivity index (χ1v) is 5.72. The summed E-state index contributed by atoms with van der Waals surface area (Å²) in [7, 11) is 1.82. The summed E-state index contributed by atoms with van der Waals surface area (Å²) >= 11 is 6.11. The van der Waals surface area contributed by atoms with E-state index in [-0.39, 0.29) is 5.54 Å². The van der Waals surface area contributed by atoms with Crippen molar-refractivity contribution in [1.29, 1.82) is 0 Å². The normalized spacial score (nSPS) is 16.0. The van der Waals surface area contributed by atoms with Gasteiger partial charge in [0.2, 0.25) is 0 Å². The number of pyridine rings is 1. The number of aryl methyl sites for hydroxylation is 1. The van der Waals surface area contributed by atoms with Crippen LogP contribution in [0.1, 0.15) is 19.5 Å². The van der Waals surface area contributed by atoms with E-state index in [2.05, 4.69) is 20.5 Å². The van der Waals surface area contributed by atoms with Crippen LogP contribution < -0.4 is 5.32 Å². The molecule has 3 rings (SSSR count). The quantitative estimate of drug-likeness (QED) is 0.728. The minimum Gasteiger partial charge on any atom is -0.371 e. The Morgan fingerprint density at radius 1 is 1.35 bits per heavy atom. The molecule has 1 N–H and O–H groups in total.